The highest BCUT2D eigenvalue weighted by Crippen LogP contribution is 2.31. The number of anilines is 1. The topological polar surface area (TPSA) is 78.4 Å². The minimum Gasteiger partial charge on any atom is -0.480 e. The fourth-order valence-electron chi connectivity index (χ4n) is 2.21. The lowest BCUT2D eigenvalue weighted by atomic mass is 9.77. The summed E-state index contributed by atoms with van der Waals surface area (Å²) in [7, 11) is 0. The van der Waals surface area contributed by atoms with Crippen LogP contribution in [-0.4, -0.2) is 29.1 Å². The largest absolute Gasteiger partial charge is 0.480 e. The van der Waals surface area contributed by atoms with E-state index >= 15 is 0 Å². The van der Waals surface area contributed by atoms with Gasteiger partial charge in [-0.15, -0.1) is 0 Å². The van der Waals surface area contributed by atoms with Crippen molar-refractivity contribution < 1.29 is 14.7 Å². The van der Waals surface area contributed by atoms with Crippen LogP contribution in [0.2, 0.25) is 0 Å². The van der Waals surface area contributed by atoms with Crippen molar-refractivity contribution in [3.8, 4) is 0 Å². The average molecular weight is 388 g/mol. The fraction of sp³-hybridized carbons (Fsp3) is 0.429. The highest BCUT2D eigenvalue weighted by atomic mass is 127. The molecule has 0 unspecified atom stereocenters. The number of carboxylic acid groups (broad SMARTS) is 1. The van der Waals surface area contributed by atoms with E-state index in [0.29, 0.717) is 12.8 Å². The summed E-state index contributed by atoms with van der Waals surface area (Å²) in [6.45, 7) is 1.94. The molecule has 6 heteroatoms. The SMILES string of the molecule is Cc1cc(I)ccc1NC(=O)CNC1(C(=O)O)CCC1. The van der Waals surface area contributed by atoms with Crippen molar-refractivity contribution in [3.05, 3.63) is 27.3 Å². The van der Waals surface area contributed by atoms with E-state index in [1.807, 2.05) is 25.1 Å². The molecule has 20 heavy (non-hydrogen) atoms. The molecule has 0 spiro atoms. The molecular weight excluding hydrogens is 371 g/mol. The van der Waals surface area contributed by atoms with Gasteiger partial charge in [-0.25, -0.2) is 0 Å². The average Bonchev–Trinajstić information content (AvgIpc) is 2.31. The lowest BCUT2D eigenvalue weighted by Gasteiger charge is -2.38. The van der Waals surface area contributed by atoms with Crippen LogP contribution in [0.5, 0.6) is 0 Å². The van der Waals surface area contributed by atoms with E-state index in [1.165, 1.54) is 0 Å². The molecule has 0 radical (unpaired) electrons. The second-order valence-electron chi connectivity index (χ2n) is 5.10. The number of hydrogen-bond acceptors (Lipinski definition) is 3. The number of aliphatic carboxylic acids is 1. The molecule has 0 saturated heterocycles. The van der Waals surface area contributed by atoms with Crippen LogP contribution in [0.4, 0.5) is 5.69 Å². The molecule has 1 saturated carbocycles. The summed E-state index contributed by atoms with van der Waals surface area (Å²) in [6, 6.07) is 5.75. The Bertz CT molecular complexity index is 541. The first kappa shape index (κ1) is 15.2. The van der Waals surface area contributed by atoms with Crippen LogP contribution in [0.15, 0.2) is 18.2 Å². The van der Waals surface area contributed by atoms with Gasteiger partial charge in [-0.2, -0.15) is 0 Å². The summed E-state index contributed by atoms with van der Waals surface area (Å²) in [4.78, 5) is 23.1. The molecule has 1 aromatic carbocycles. The third-order valence-electron chi connectivity index (χ3n) is 3.67. The van der Waals surface area contributed by atoms with Crippen LogP contribution < -0.4 is 10.6 Å². The van der Waals surface area contributed by atoms with Crippen molar-refractivity contribution in [2.45, 2.75) is 31.7 Å². The molecule has 2 rings (SSSR count). The number of rotatable bonds is 5. The maximum atomic E-state index is 11.9. The zero-order valence-corrected chi connectivity index (χ0v) is 13.4. The minimum atomic E-state index is -0.904. The zero-order chi connectivity index (χ0) is 14.8. The summed E-state index contributed by atoms with van der Waals surface area (Å²) in [6.07, 6.45) is 2.05. The van der Waals surface area contributed by atoms with E-state index in [9.17, 15) is 9.59 Å². The highest BCUT2D eigenvalue weighted by molar-refractivity contribution is 14.1. The third-order valence-corrected chi connectivity index (χ3v) is 4.34. The van der Waals surface area contributed by atoms with E-state index in [1.54, 1.807) is 0 Å². The van der Waals surface area contributed by atoms with Gasteiger partial charge in [0.1, 0.15) is 5.54 Å². The molecule has 0 aromatic heterocycles. The number of carbonyl (C=O) groups excluding carboxylic acids is 1. The van der Waals surface area contributed by atoms with Crippen molar-refractivity contribution in [3.63, 3.8) is 0 Å². The maximum Gasteiger partial charge on any atom is 0.323 e. The summed E-state index contributed by atoms with van der Waals surface area (Å²) >= 11 is 2.21. The third kappa shape index (κ3) is 3.29. The van der Waals surface area contributed by atoms with Gasteiger partial charge >= 0.3 is 5.97 Å². The van der Waals surface area contributed by atoms with Gasteiger partial charge in [-0.1, -0.05) is 0 Å². The quantitative estimate of drug-likeness (QED) is 0.676. The van der Waals surface area contributed by atoms with Gasteiger partial charge in [0.15, 0.2) is 0 Å². The molecule has 1 amide bonds. The molecule has 5 nitrogen and oxygen atoms in total. The van der Waals surface area contributed by atoms with Crippen molar-refractivity contribution in [1.82, 2.24) is 5.32 Å². The van der Waals surface area contributed by atoms with E-state index in [0.717, 1.165) is 21.2 Å². The summed E-state index contributed by atoms with van der Waals surface area (Å²) in [5.74, 6) is -1.09. The second-order valence-corrected chi connectivity index (χ2v) is 6.35. The van der Waals surface area contributed by atoms with Crippen molar-refractivity contribution >= 4 is 40.2 Å². The normalized spacial score (nSPS) is 16.3. The summed E-state index contributed by atoms with van der Waals surface area (Å²) < 4.78 is 1.11. The first-order valence-corrected chi connectivity index (χ1v) is 7.55. The number of amides is 1. The lowest BCUT2D eigenvalue weighted by molar-refractivity contribution is -0.148. The van der Waals surface area contributed by atoms with E-state index < -0.39 is 11.5 Å². The molecule has 0 bridgehead atoms. The van der Waals surface area contributed by atoms with Gasteiger partial charge in [-0.3, -0.25) is 14.9 Å². The molecule has 3 N–H and O–H groups in total. The van der Waals surface area contributed by atoms with Gasteiger partial charge in [-0.05, 0) is 72.5 Å². The predicted molar refractivity (Wildman–Crippen MR) is 84.7 cm³/mol. The Balaban J connectivity index is 1.91. The first-order valence-electron chi connectivity index (χ1n) is 6.47. The van der Waals surface area contributed by atoms with Gasteiger partial charge in [0, 0.05) is 9.26 Å². The molecule has 0 aliphatic heterocycles. The van der Waals surface area contributed by atoms with Gasteiger partial charge in [0.2, 0.25) is 5.91 Å². The summed E-state index contributed by atoms with van der Waals surface area (Å²) in [5.41, 5.74) is 0.843. The number of benzene rings is 1. The van der Waals surface area contributed by atoms with E-state index in [-0.39, 0.29) is 12.5 Å². The molecule has 1 aromatic rings. The Morgan fingerprint density at radius 1 is 1.40 bits per heavy atom. The van der Waals surface area contributed by atoms with Crippen LogP contribution >= 0.6 is 22.6 Å². The minimum absolute atomic E-state index is 0.0116. The van der Waals surface area contributed by atoms with Crippen molar-refractivity contribution in [2.24, 2.45) is 0 Å². The maximum absolute atomic E-state index is 11.9. The van der Waals surface area contributed by atoms with E-state index in [2.05, 4.69) is 33.2 Å². The molecule has 0 atom stereocenters. The molecule has 108 valence electrons. The Morgan fingerprint density at radius 3 is 2.60 bits per heavy atom. The summed E-state index contributed by atoms with van der Waals surface area (Å²) in [5, 5.41) is 14.8. The van der Waals surface area contributed by atoms with Crippen LogP contribution in [0, 0.1) is 10.5 Å². The van der Waals surface area contributed by atoms with E-state index in [4.69, 9.17) is 5.11 Å². The molecule has 1 fully saturated rings. The smallest absolute Gasteiger partial charge is 0.323 e. The Kier molecular flexibility index (Phi) is 4.64. The Morgan fingerprint density at radius 2 is 2.10 bits per heavy atom. The predicted octanol–water partition coefficient (Wildman–Crippen LogP) is 2.14. The Labute approximate surface area is 131 Å². The molecular formula is C14H17IN2O3. The molecule has 1 aliphatic carbocycles. The Hall–Kier alpha value is -1.15. The number of hydrogen-bond donors (Lipinski definition) is 3. The molecule has 1 aliphatic rings. The van der Waals surface area contributed by atoms with Crippen molar-refractivity contribution in [2.75, 3.05) is 11.9 Å². The number of carboxylic acids is 1. The van der Waals surface area contributed by atoms with Crippen LogP contribution in [0.3, 0.4) is 0 Å². The van der Waals surface area contributed by atoms with Crippen LogP contribution in [0.25, 0.3) is 0 Å². The fourth-order valence-corrected chi connectivity index (χ4v) is 2.85. The van der Waals surface area contributed by atoms with Gasteiger partial charge in [0.25, 0.3) is 0 Å². The number of nitrogens with one attached hydrogen (secondary N) is 2. The zero-order valence-electron chi connectivity index (χ0n) is 11.2. The number of aryl methyl sites for hydroxylation is 1. The van der Waals surface area contributed by atoms with Crippen LogP contribution in [-0.2, 0) is 9.59 Å². The molecule has 0 heterocycles. The van der Waals surface area contributed by atoms with Gasteiger partial charge < -0.3 is 10.4 Å². The number of carbonyl (C=O) groups is 2. The second kappa shape index (κ2) is 6.09. The standard InChI is InChI=1S/C14H17IN2O3/c1-9-7-10(15)3-4-11(9)17-12(18)8-16-14(13(19)20)5-2-6-14/h3-4,7,16H,2,5-6,8H2,1H3,(H,17,18)(H,19,20). The first-order chi connectivity index (χ1) is 9.43. The van der Waals surface area contributed by atoms with Gasteiger partial charge in [0.05, 0.1) is 6.54 Å². The highest BCUT2D eigenvalue weighted by Gasteiger charge is 2.44. The number of halogens is 1. The lowest BCUT2D eigenvalue weighted by Crippen LogP contribution is -2.58. The van der Waals surface area contributed by atoms with Crippen molar-refractivity contribution in [1.29, 1.82) is 0 Å². The monoisotopic (exact) mass is 388 g/mol. The van der Waals surface area contributed by atoms with Crippen LogP contribution in [0.1, 0.15) is 24.8 Å².